The van der Waals surface area contributed by atoms with Crippen molar-refractivity contribution in [3.05, 3.63) is 31.5 Å². The smallest absolute Gasteiger partial charge is 0.247 e. The van der Waals surface area contributed by atoms with Crippen LogP contribution in [0.3, 0.4) is 0 Å². The molecule has 258 valence electrons. The first-order valence-electron chi connectivity index (χ1n) is 17.0. The van der Waals surface area contributed by atoms with Crippen LogP contribution in [0, 0.1) is 49.7 Å². The van der Waals surface area contributed by atoms with Crippen LogP contribution in [0.4, 0.5) is 0 Å². The molecule has 4 rings (SSSR count). The zero-order valence-corrected chi connectivity index (χ0v) is 29.9. The van der Waals surface area contributed by atoms with E-state index in [0.29, 0.717) is 44.9 Å². The highest BCUT2D eigenvalue weighted by molar-refractivity contribution is 5.34. The van der Waals surface area contributed by atoms with Crippen LogP contribution in [-0.2, 0) is 29.2 Å². The summed E-state index contributed by atoms with van der Waals surface area (Å²) in [6, 6.07) is 1.86. The number of hydrogen-bond acceptors (Lipinski definition) is 8. The monoisotopic (exact) mass is 650 g/mol. The van der Waals surface area contributed by atoms with Crippen molar-refractivity contribution < 1.29 is 9.59 Å². The third kappa shape index (κ3) is 8.39. The van der Waals surface area contributed by atoms with Crippen molar-refractivity contribution in [2.45, 2.75) is 152 Å². The van der Waals surface area contributed by atoms with Crippen LogP contribution in [0.15, 0.2) is 24.4 Å². The minimum Gasteiger partial charge on any atom is -0.247 e. The average molecular weight is 651 g/mol. The first-order chi connectivity index (χ1) is 21.6. The van der Waals surface area contributed by atoms with Crippen molar-refractivity contribution >= 4 is 12.2 Å². The second-order valence-electron chi connectivity index (χ2n) is 18.9. The number of hydrogen-bond donors (Lipinski definition) is 0. The van der Waals surface area contributed by atoms with E-state index in [4.69, 9.17) is 0 Å². The molecule has 1 aromatic rings. The lowest BCUT2D eigenvalue weighted by Gasteiger charge is -2.46. The number of nitrogens with zero attached hydrogens (tertiary/aromatic N) is 6. The minimum absolute atomic E-state index is 0.0720. The Morgan fingerprint density at radius 1 is 0.574 bits per heavy atom. The molecule has 11 nitrogen and oxygen atoms in total. The summed E-state index contributed by atoms with van der Waals surface area (Å²) in [5.41, 5.74) is -4.13. The van der Waals surface area contributed by atoms with Gasteiger partial charge in [-0.15, -0.1) is 0 Å². The van der Waals surface area contributed by atoms with Crippen LogP contribution in [0.1, 0.15) is 120 Å². The Balaban J connectivity index is 1.88. The van der Waals surface area contributed by atoms with Gasteiger partial charge in [0.2, 0.25) is 12.2 Å². The van der Waals surface area contributed by atoms with Crippen LogP contribution in [-0.4, -0.2) is 37.9 Å². The molecule has 47 heavy (non-hydrogen) atoms. The number of nitriles is 1. The molecule has 3 saturated carbocycles. The van der Waals surface area contributed by atoms with Crippen LogP contribution in [0.5, 0.6) is 0 Å². The van der Waals surface area contributed by atoms with E-state index in [1.807, 2.05) is 20.8 Å². The third-order valence-electron chi connectivity index (χ3n) is 10.9. The quantitative estimate of drug-likeness (QED) is 0.273. The van der Waals surface area contributed by atoms with Crippen molar-refractivity contribution in [2.75, 3.05) is 0 Å². The van der Waals surface area contributed by atoms with Crippen LogP contribution in [0.2, 0.25) is 0 Å². The van der Waals surface area contributed by atoms with E-state index in [-0.39, 0.29) is 53.9 Å². The largest absolute Gasteiger partial charge is 0.336 e. The first-order valence-corrected chi connectivity index (χ1v) is 17.0. The van der Waals surface area contributed by atoms with E-state index in [1.54, 1.807) is 12.2 Å². The molecular formula is C36H54N6O5. The van der Waals surface area contributed by atoms with E-state index < -0.39 is 33.3 Å². The Labute approximate surface area is 278 Å². The van der Waals surface area contributed by atoms with Crippen molar-refractivity contribution in [1.29, 1.82) is 5.26 Å². The number of aliphatic imine (C=N–C) groups is 2. The fourth-order valence-electron chi connectivity index (χ4n) is 10.8. The second-order valence-corrected chi connectivity index (χ2v) is 18.9. The molecule has 0 N–H and O–H groups in total. The molecular weight excluding hydrogens is 596 g/mol. The van der Waals surface area contributed by atoms with Gasteiger partial charge in [-0.2, -0.15) is 5.26 Å². The van der Waals surface area contributed by atoms with Crippen LogP contribution >= 0.6 is 0 Å². The Kier molecular flexibility index (Phi) is 9.78. The second kappa shape index (κ2) is 12.6. The highest BCUT2D eigenvalue weighted by atomic mass is 16.2. The van der Waals surface area contributed by atoms with Gasteiger partial charge in [-0.1, -0.05) is 62.3 Å². The Morgan fingerprint density at radius 2 is 0.894 bits per heavy atom. The summed E-state index contributed by atoms with van der Waals surface area (Å²) < 4.78 is 3.68. The van der Waals surface area contributed by atoms with E-state index in [2.05, 4.69) is 57.6 Å². The fraction of sp³-hybridized carbons (Fsp3) is 0.833. The predicted octanol–water partition coefficient (Wildman–Crippen LogP) is 5.37. The van der Waals surface area contributed by atoms with Crippen LogP contribution in [0.25, 0.3) is 0 Å². The van der Waals surface area contributed by atoms with Gasteiger partial charge < -0.3 is 0 Å². The Bertz CT molecular complexity index is 1600. The van der Waals surface area contributed by atoms with E-state index in [0.717, 1.165) is 12.8 Å². The molecule has 0 amide bonds. The number of rotatable bonds is 8. The maximum atomic E-state index is 14.4. The van der Waals surface area contributed by atoms with Crippen molar-refractivity contribution in [1.82, 2.24) is 13.7 Å². The average Bonchev–Trinajstić information content (AvgIpc) is 2.88. The zero-order valence-electron chi connectivity index (χ0n) is 29.9. The van der Waals surface area contributed by atoms with Gasteiger partial charge in [0, 0.05) is 25.6 Å². The lowest BCUT2D eigenvalue weighted by atomic mass is 9.61. The minimum atomic E-state index is -0.652. The molecule has 0 spiro atoms. The molecule has 3 fully saturated rings. The van der Waals surface area contributed by atoms with Crippen molar-refractivity contribution in [3.63, 3.8) is 0 Å². The molecule has 6 unspecified atom stereocenters. The van der Waals surface area contributed by atoms with Gasteiger partial charge >= 0.3 is 17.1 Å². The predicted molar refractivity (Wildman–Crippen MR) is 179 cm³/mol. The normalized spacial score (nSPS) is 34.3. The number of aromatic nitrogens is 3. The van der Waals surface area contributed by atoms with Gasteiger partial charge in [0.15, 0.2) is 0 Å². The highest BCUT2D eigenvalue weighted by Crippen LogP contribution is 2.50. The summed E-state index contributed by atoms with van der Waals surface area (Å²) >= 11 is 0. The summed E-state index contributed by atoms with van der Waals surface area (Å²) in [6.45, 7) is 18.9. The van der Waals surface area contributed by atoms with Crippen molar-refractivity contribution in [2.24, 2.45) is 48.4 Å². The molecule has 0 bridgehead atoms. The van der Waals surface area contributed by atoms with Gasteiger partial charge in [0.05, 0.1) is 18.2 Å². The van der Waals surface area contributed by atoms with E-state index >= 15 is 0 Å². The zero-order chi connectivity index (χ0) is 35.2. The first kappa shape index (κ1) is 36.5. The molecule has 6 atom stereocenters. The molecule has 1 aromatic heterocycles. The number of isocyanates is 2. The van der Waals surface area contributed by atoms with Gasteiger partial charge in [-0.3, -0.25) is 0 Å². The summed E-state index contributed by atoms with van der Waals surface area (Å²) in [5.74, 6) is -0.204. The molecule has 3 aliphatic carbocycles. The molecule has 0 aliphatic heterocycles. The van der Waals surface area contributed by atoms with Crippen LogP contribution < -0.4 is 17.1 Å². The fourth-order valence-corrected chi connectivity index (χ4v) is 10.8. The van der Waals surface area contributed by atoms with Gasteiger partial charge in [-0.05, 0) is 90.3 Å². The lowest BCUT2D eigenvalue weighted by molar-refractivity contribution is 0.0477. The SMILES string of the molecule is CC1(C)CC(C#N)CC(C)(Cn2c(=O)n(CC3(C)CC(N=C=O)CC(C)(C)C3)c(=O)n(CC3(C)CC(N=C=O)CC(C)(C)C3)c2=O)C1. The number of carbonyl (C=O) groups excluding carboxylic acids is 2. The molecule has 1 heterocycles. The lowest BCUT2D eigenvalue weighted by Crippen LogP contribution is -2.59. The van der Waals surface area contributed by atoms with E-state index in [9.17, 15) is 29.2 Å². The maximum absolute atomic E-state index is 14.4. The molecule has 11 heteroatoms. The third-order valence-corrected chi connectivity index (χ3v) is 10.9. The topological polar surface area (TPSA) is 149 Å². The molecule has 0 saturated heterocycles. The molecule has 3 aliphatic rings. The maximum Gasteiger partial charge on any atom is 0.336 e. The van der Waals surface area contributed by atoms with Crippen molar-refractivity contribution in [3.8, 4) is 6.07 Å². The van der Waals surface area contributed by atoms with E-state index in [1.165, 1.54) is 13.7 Å². The van der Waals surface area contributed by atoms with Gasteiger partial charge in [0.25, 0.3) is 0 Å². The standard InChI is InChI=1S/C36H54N6O5/c1-31(2)10-25(16-37)11-34(7,17-31)20-40-28(45)41(21-35(8)14-26(38-23-43)12-32(3,4)18-35)30(47)42(29(40)46)22-36(9)15-27(39-24-44)13-33(5,6)19-36/h25-27H,10-15,17-22H2,1-9H3. The summed E-state index contributed by atoms with van der Waals surface area (Å²) in [5, 5.41) is 9.89. The summed E-state index contributed by atoms with van der Waals surface area (Å²) in [4.78, 5) is 73.8. The van der Waals surface area contributed by atoms with Gasteiger partial charge in [-0.25, -0.2) is 47.7 Å². The Hall–Kier alpha value is -3.34. The summed E-state index contributed by atoms with van der Waals surface area (Å²) in [7, 11) is 0. The van der Waals surface area contributed by atoms with Gasteiger partial charge in [0.1, 0.15) is 0 Å². The highest BCUT2D eigenvalue weighted by Gasteiger charge is 2.46. The molecule has 0 aromatic carbocycles. The molecule has 0 radical (unpaired) electrons. The Morgan fingerprint density at radius 3 is 1.21 bits per heavy atom. The summed E-state index contributed by atoms with van der Waals surface area (Å²) in [6.07, 6.45) is 9.21.